The van der Waals surface area contributed by atoms with Crippen molar-refractivity contribution in [1.82, 2.24) is 23.7 Å². The fraction of sp³-hybridized carbons (Fsp3) is 0.280. The first-order chi connectivity index (χ1) is 16.5. The lowest BCUT2D eigenvalue weighted by Gasteiger charge is -2.10. The van der Waals surface area contributed by atoms with Gasteiger partial charge in [-0.3, -0.25) is 18.6 Å². The van der Waals surface area contributed by atoms with Gasteiger partial charge in [0, 0.05) is 23.5 Å². The van der Waals surface area contributed by atoms with E-state index in [1.165, 1.54) is 11.8 Å². The van der Waals surface area contributed by atoms with Crippen LogP contribution in [0, 0.1) is 13.8 Å². The predicted octanol–water partition coefficient (Wildman–Crippen LogP) is 4.49. The second-order valence-corrected chi connectivity index (χ2v) is 9.20. The lowest BCUT2D eigenvalue weighted by Crippen LogP contribution is -2.23. The van der Waals surface area contributed by atoms with Crippen LogP contribution in [0.4, 0.5) is 0 Å². The summed E-state index contributed by atoms with van der Waals surface area (Å²) in [7, 11) is 0. The third kappa shape index (κ3) is 3.75. The number of thioether (sulfide) groups is 1. The number of furan rings is 1. The Hall–Kier alpha value is -3.59. The topological polar surface area (TPSA) is 87.3 Å². The molecule has 0 fully saturated rings. The maximum absolute atomic E-state index is 13.2. The van der Waals surface area contributed by atoms with Crippen LogP contribution in [0.2, 0.25) is 0 Å². The quantitative estimate of drug-likeness (QED) is 0.243. The van der Waals surface area contributed by atoms with E-state index in [-0.39, 0.29) is 17.1 Å². The van der Waals surface area contributed by atoms with Gasteiger partial charge in [0.1, 0.15) is 5.76 Å². The summed E-state index contributed by atoms with van der Waals surface area (Å²) in [5, 5.41) is 9.84. The van der Waals surface area contributed by atoms with E-state index in [0.29, 0.717) is 35.0 Å². The Balaban J connectivity index is 1.46. The predicted molar refractivity (Wildman–Crippen MR) is 132 cm³/mol. The van der Waals surface area contributed by atoms with Crippen LogP contribution in [0.1, 0.15) is 40.9 Å². The molecule has 0 atom stereocenters. The molecule has 8 nitrogen and oxygen atoms in total. The molecule has 5 aromatic rings. The highest BCUT2D eigenvalue weighted by Crippen LogP contribution is 2.24. The third-order valence-electron chi connectivity index (χ3n) is 6.03. The average molecular weight is 476 g/mol. The number of nitrogens with zero attached hydrogens (tertiary/aromatic N) is 5. The largest absolute Gasteiger partial charge is 0.467 e. The highest BCUT2D eigenvalue weighted by molar-refractivity contribution is 7.99. The van der Waals surface area contributed by atoms with Gasteiger partial charge in [-0.05, 0) is 50.6 Å². The Kier molecular flexibility index (Phi) is 5.87. The van der Waals surface area contributed by atoms with Crippen molar-refractivity contribution in [3.8, 4) is 0 Å². The van der Waals surface area contributed by atoms with Crippen molar-refractivity contribution >= 4 is 34.2 Å². The Morgan fingerprint density at radius 3 is 2.68 bits per heavy atom. The van der Waals surface area contributed by atoms with Gasteiger partial charge in [-0.15, -0.1) is 10.2 Å². The van der Waals surface area contributed by atoms with E-state index >= 15 is 0 Å². The molecule has 5 rings (SSSR count). The number of hydrogen-bond donors (Lipinski definition) is 0. The van der Waals surface area contributed by atoms with E-state index in [2.05, 4.69) is 14.8 Å². The van der Waals surface area contributed by atoms with Crippen LogP contribution in [0.5, 0.6) is 0 Å². The summed E-state index contributed by atoms with van der Waals surface area (Å²) in [5.74, 6) is 1.58. The molecule has 1 aromatic carbocycles. The van der Waals surface area contributed by atoms with E-state index in [9.17, 15) is 9.59 Å². The highest BCUT2D eigenvalue weighted by Gasteiger charge is 2.20. The molecular weight excluding hydrogens is 450 g/mol. The van der Waals surface area contributed by atoms with Crippen LogP contribution in [0.3, 0.4) is 0 Å². The standard InChI is InChI=1S/C25H25N5O3S/c1-4-11-28-23(32)19-9-5-6-10-21(19)30-24(28)26-27-25(30)34-15-22(31)20-13-16(2)29(17(20)3)14-18-8-7-12-33-18/h5-10,12-13H,4,11,14-15H2,1-3H3. The van der Waals surface area contributed by atoms with Crippen molar-refractivity contribution in [1.29, 1.82) is 0 Å². The smallest absolute Gasteiger partial charge is 0.262 e. The van der Waals surface area contributed by atoms with Crippen molar-refractivity contribution in [2.75, 3.05) is 5.75 Å². The molecule has 0 saturated heterocycles. The molecule has 0 bridgehead atoms. The minimum absolute atomic E-state index is 0.0201. The molecule has 0 N–H and O–H groups in total. The van der Waals surface area contributed by atoms with Gasteiger partial charge < -0.3 is 8.98 Å². The first-order valence-corrected chi connectivity index (χ1v) is 12.2. The first-order valence-electron chi connectivity index (χ1n) is 11.2. The molecule has 174 valence electrons. The van der Waals surface area contributed by atoms with E-state index in [0.717, 1.165) is 29.1 Å². The molecule has 9 heteroatoms. The lowest BCUT2D eigenvalue weighted by molar-refractivity contribution is 0.102. The molecule has 0 aliphatic rings. The minimum atomic E-state index is -0.0750. The zero-order valence-corrected chi connectivity index (χ0v) is 20.1. The Morgan fingerprint density at radius 1 is 1.09 bits per heavy atom. The molecule has 4 heterocycles. The van der Waals surface area contributed by atoms with Gasteiger partial charge in [0.25, 0.3) is 5.56 Å². The number of hydrogen-bond acceptors (Lipinski definition) is 6. The molecule has 0 amide bonds. The number of fused-ring (bicyclic) bond motifs is 3. The Bertz CT molecular complexity index is 1560. The van der Waals surface area contributed by atoms with Gasteiger partial charge in [-0.2, -0.15) is 0 Å². The van der Waals surface area contributed by atoms with Crippen molar-refractivity contribution in [2.24, 2.45) is 0 Å². The molecular formula is C25H25N5O3S. The summed E-state index contributed by atoms with van der Waals surface area (Å²) >= 11 is 1.33. The molecule has 0 aliphatic heterocycles. The Labute approximate surface area is 200 Å². The van der Waals surface area contributed by atoms with Crippen LogP contribution in [-0.4, -0.2) is 35.3 Å². The summed E-state index contributed by atoms with van der Waals surface area (Å²) in [6, 6.07) is 13.2. The first kappa shape index (κ1) is 22.2. The SMILES string of the molecule is CCCn1c(=O)c2ccccc2n2c(SCC(=O)c3cc(C)n(Cc4ccco4)c3C)nnc12. The van der Waals surface area contributed by atoms with Crippen molar-refractivity contribution < 1.29 is 9.21 Å². The number of aromatic nitrogens is 5. The number of ketones is 1. The second kappa shape index (κ2) is 8.98. The summed E-state index contributed by atoms with van der Waals surface area (Å²) in [6.45, 7) is 7.10. The van der Waals surface area contributed by atoms with Crippen LogP contribution in [0.25, 0.3) is 16.7 Å². The van der Waals surface area contributed by atoms with Gasteiger partial charge in [0.2, 0.25) is 5.78 Å². The molecule has 0 spiro atoms. The van der Waals surface area contributed by atoms with Gasteiger partial charge >= 0.3 is 0 Å². The third-order valence-corrected chi connectivity index (χ3v) is 6.95. The van der Waals surface area contributed by atoms with Gasteiger partial charge in [-0.1, -0.05) is 30.8 Å². The monoisotopic (exact) mass is 475 g/mol. The van der Waals surface area contributed by atoms with E-state index in [1.807, 2.05) is 67.6 Å². The van der Waals surface area contributed by atoms with Crippen LogP contribution in [-0.2, 0) is 13.1 Å². The van der Waals surface area contributed by atoms with E-state index < -0.39 is 0 Å². The number of carbonyl (C=O) groups excluding carboxylic acids is 1. The normalized spacial score (nSPS) is 11.6. The minimum Gasteiger partial charge on any atom is -0.467 e. The molecule has 0 radical (unpaired) electrons. The zero-order chi connectivity index (χ0) is 23.8. The second-order valence-electron chi connectivity index (χ2n) is 8.25. The zero-order valence-electron chi connectivity index (χ0n) is 19.3. The number of carbonyl (C=O) groups is 1. The summed E-state index contributed by atoms with van der Waals surface area (Å²) in [6.07, 6.45) is 2.45. The fourth-order valence-electron chi connectivity index (χ4n) is 4.35. The molecule has 0 unspecified atom stereocenters. The van der Waals surface area contributed by atoms with Gasteiger partial charge in [0.05, 0.1) is 29.5 Å². The summed E-state index contributed by atoms with van der Waals surface area (Å²) < 4.78 is 11.1. The number of benzene rings is 1. The maximum atomic E-state index is 13.2. The van der Waals surface area contributed by atoms with Gasteiger partial charge in [0.15, 0.2) is 10.9 Å². The van der Waals surface area contributed by atoms with Crippen molar-refractivity contribution in [3.63, 3.8) is 0 Å². The van der Waals surface area contributed by atoms with Crippen LogP contribution in [0.15, 0.2) is 63.1 Å². The van der Waals surface area contributed by atoms with Crippen LogP contribution < -0.4 is 5.56 Å². The molecule has 34 heavy (non-hydrogen) atoms. The highest BCUT2D eigenvalue weighted by atomic mass is 32.2. The molecule has 0 aliphatic carbocycles. The number of Topliss-reactive ketones (excluding diaryl/α,β-unsaturated/α-hetero) is 1. The van der Waals surface area contributed by atoms with E-state index in [1.54, 1.807) is 10.8 Å². The number of para-hydroxylation sites is 1. The molecule has 0 saturated carbocycles. The lowest BCUT2D eigenvalue weighted by atomic mass is 10.2. The average Bonchev–Trinajstić information content (AvgIpc) is 3.57. The number of aryl methyl sites for hydroxylation is 2. The van der Waals surface area contributed by atoms with E-state index in [4.69, 9.17) is 4.42 Å². The van der Waals surface area contributed by atoms with Crippen LogP contribution >= 0.6 is 11.8 Å². The summed E-state index contributed by atoms with van der Waals surface area (Å²) in [4.78, 5) is 26.2. The maximum Gasteiger partial charge on any atom is 0.262 e. The fourth-order valence-corrected chi connectivity index (χ4v) is 5.17. The van der Waals surface area contributed by atoms with Gasteiger partial charge in [-0.25, -0.2) is 0 Å². The number of rotatable bonds is 8. The Morgan fingerprint density at radius 2 is 1.91 bits per heavy atom. The summed E-state index contributed by atoms with van der Waals surface area (Å²) in [5.41, 5.74) is 3.27. The molecule has 4 aromatic heterocycles. The van der Waals surface area contributed by atoms with Crippen molar-refractivity contribution in [3.05, 3.63) is 81.8 Å². The van der Waals surface area contributed by atoms with Crippen molar-refractivity contribution in [2.45, 2.75) is 45.4 Å².